The highest BCUT2D eigenvalue weighted by Gasteiger charge is 2.22. The molecule has 0 aliphatic carbocycles. The molecule has 148 valence electrons. The molecule has 0 radical (unpaired) electrons. The number of carbonyl (C=O) groups is 1. The zero-order valence-corrected chi connectivity index (χ0v) is 16.9. The Labute approximate surface area is 166 Å². The molecule has 0 saturated heterocycles. The summed E-state index contributed by atoms with van der Waals surface area (Å²) in [5.74, 6) is 0.583. The van der Waals surface area contributed by atoms with Crippen LogP contribution in [0, 0.1) is 0 Å². The third-order valence-corrected chi connectivity index (χ3v) is 4.97. The molecule has 0 saturated carbocycles. The Balaban J connectivity index is 1.84. The monoisotopic (exact) mass is 379 g/mol. The van der Waals surface area contributed by atoms with Gasteiger partial charge in [-0.2, -0.15) is 0 Å². The Morgan fingerprint density at radius 3 is 2.39 bits per heavy atom. The molecule has 2 aromatic carbocycles. The van der Waals surface area contributed by atoms with Gasteiger partial charge >= 0.3 is 0 Å². The molecule has 0 spiro atoms. The molecule has 0 aliphatic rings. The van der Waals surface area contributed by atoms with Crippen LogP contribution in [0.25, 0.3) is 21.7 Å². The number of aromatic nitrogens is 1. The lowest BCUT2D eigenvalue weighted by Gasteiger charge is -2.27. The van der Waals surface area contributed by atoms with Gasteiger partial charge in [-0.05, 0) is 37.8 Å². The molecule has 5 nitrogen and oxygen atoms in total. The smallest absolute Gasteiger partial charge is 0.239 e. The van der Waals surface area contributed by atoms with Crippen LogP contribution in [0.15, 0.2) is 48.5 Å². The molecule has 1 aromatic heterocycles. The van der Waals surface area contributed by atoms with E-state index in [-0.39, 0.29) is 12.0 Å². The Morgan fingerprint density at radius 2 is 1.71 bits per heavy atom. The largest absolute Gasteiger partial charge is 0.472 e. The summed E-state index contributed by atoms with van der Waals surface area (Å²) in [6.07, 6.45) is 1.39. The summed E-state index contributed by atoms with van der Waals surface area (Å²) in [5.41, 5.74) is 6.92. The van der Waals surface area contributed by atoms with E-state index in [9.17, 15) is 4.79 Å². The van der Waals surface area contributed by atoms with Gasteiger partial charge in [-0.1, -0.05) is 49.7 Å². The fourth-order valence-corrected chi connectivity index (χ4v) is 3.54. The summed E-state index contributed by atoms with van der Waals surface area (Å²) in [7, 11) is 0. The van der Waals surface area contributed by atoms with Gasteiger partial charge in [0.1, 0.15) is 6.10 Å². The number of para-hydroxylation sites is 1. The minimum Gasteiger partial charge on any atom is -0.472 e. The van der Waals surface area contributed by atoms with Crippen molar-refractivity contribution in [3.63, 3.8) is 0 Å². The summed E-state index contributed by atoms with van der Waals surface area (Å²) in [5, 5.41) is 3.20. The summed E-state index contributed by atoms with van der Waals surface area (Å²) in [6, 6.07) is 15.7. The molecule has 28 heavy (non-hydrogen) atoms. The molecule has 5 heteroatoms. The fraction of sp³-hybridized carbons (Fsp3) is 0.391. The molecule has 0 bridgehead atoms. The van der Waals surface area contributed by atoms with Crippen molar-refractivity contribution in [2.75, 3.05) is 13.1 Å². The van der Waals surface area contributed by atoms with E-state index in [0.717, 1.165) is 28.1 Å². The second-order valence-corrected chi connectivity index (χ2v) is 7.18. The molecular weight excluding hydrogens is 350 g/mol. The van der Waals surface area contributed by atoms with Crippen molar-refractivity contribution in [1.82, 2.24) is 9.88 Å². The summed E-state index contributed by atoms with van der Waals surface area (Å²) in [4.78, 5) is 19.1. The van der Waals surface area contributed by atoms with Gasteiger partial charge in [0.25, 0.3) is 0 Å². The maximum atomic E-state index is 12.6. The van der Waals surface area contributed by atoms with Crippen LogP contribution < -0.4 is 10.5 Å². The number of pyridine rings is 1. The highest BCUT2D eigenvalue weighted by molar-refractivity contribution is 6.07. The summed E-state index contributed by atoms with van der Waals surface area (Å²) < 4.78 is 6.21. The maximum Gasteiger partial charge on any atom is 0.239 e. The van der Waals surface area contributed by atoms with Crippen molar-refractivity contribution in [2.45, 2.75) is 45.8 Å². The van der Waals surface area contributed by atoms with Gasteiger partial charge in [0, 0.05) is 17.3 Å². The average molecular weight is 380 g/mol. The average Bonchev–Trinajstić information content (AvgIpc) is 2.72. The molecule has 1 amide bonds. The van der Waals surface area contributed by atoms with Gasteiger partial charge in [0.05, 0.1) is 18.1 Å². The van der Waals surface area contributed by atoms with Crippen molar-refractivity contribution in [3.05, 3.63) is 48.5 Å². The van der Waals surface area contributed by atoms with Gasteiger partial charge in [0.15, 0.2) is 0 Å². The van der Waals surface area contributed by atoms with E-state index in [1.54, 1.807) is 4.90 Å². The zero-order valence-electron chi connectivity index (χ0n) is 16.9. The minimum atomic E-state index is -0.447. The van der Waals surface area contributed by atoms with Crippen LogP contribution in [-0.4, -0.2) is 41.0 Å². The lowest BCUT2D eigenvalue weighted by atomic mass is 10.1. The predicted octanol–water partition coefficient (Wildman–Crippen LogP) is 4.13. The summed E-state index contributed by atoms with van der Waals surface area (Å²) in [6.45, 7) is 7.05. The quantitative estimate of drug-likeness (QED) is 0.598. The third kappa shape index (κ3) is 4.25. The molecule has 3 aromatic rings. The lowest BCUT2D eigenvalue weighted by molar-refractivity contribution is -0.133. The molecule has 2 unspecified atom stereocenters. The standard InChI is InChI=1S/C23H29N3O2/c1-4-10-20(24)23(27)26(5-2)15-16(3)28-22-19-13-7-6-11-17(19)18-12-8-9-14-21(18)25-22/h6-9,11-14,16,20H,4-5,10,15,24H2,1-3H3. The predicted molar refractivity (Wildman–Crippen MR) is 114 cm³/mol. The van der Waals surface area contributed by atoms with E-state index >= 15 is 0 Å². The molecule has 0 fully saturated rings. The van der Waals surface area contributed by atoms with E-state index in [1.807, 2.05) is 57.2 Å². The van der Waals surface area contributed by atoms with Gasteiger partial charge in [0.2, 0.25) is 11.8 Å². The van der Waals surface area contributed by atoms with Crippen LogP contribution in [0.1, 0.15) is 33.6 Å². The van der Waals surface area contributed by atoms with Gasteiger partial charge < -0.3 is 15.4 Å². The van der Waals surface area contributed by atoms with Crippen molar-refractivity contribution in [3.8, 4) is 5.88 Å². The Bertz CT molecular complexity index is 957. The number of hydrogen-bond acceptors (Lipinski definition) is 4. The molecule has 2 N–H and O–H groups in total. The van der Waals surface area contributed by atoms with Crippen LogP contribution in [-0.2, 0) is 4.79 Å². The second-order valence-electron chi connectivity index (χ2n) is 7.18. The van der Waals surface area contributed by atoms with E-state index in [2.05, 4.69) is 12.1 Å². The topological polar surface area (TPSA) is 68.5 Å². The Kier molecular flexibility index (Phi) is 6.47. The number of amides is 1. The number of nitrogens with zero attached hydrogens (tertiary/aromatic N) is 2. The van der Waals surface area contributed by atoms with Gasteiger partial charge in [-0.3, -0.25) is 4.79 Å². The van der Waals surface area contributed by atoms with Crippen LogP contribution in [0.3, 0.4) is 0 Å². The molecule has 1 heterocycles. The van der Waals surface area contributed by atoms with E-state index in [4.69, 9.17) is 15.5 Å². The van der Waals surface area contributed by atoms with Crippen molar-refractivity contribution < 1.29 is 9.53 Å². The lowest BCUT2D eigenvalue weighted by Crippen LogP contribution is -2.47. The van der Waals surface area contributed by atoms with Crippen molar-refractivity contribution in [2.24, 2.45) is 5.73 Å². The summed E-state index contributed by atoms with van der Waals surface area (Å²) >= 11 is 0. The van der Waals surface area contributed by atoms with E-state index in [0.29, 0.717) is 25.4 Å². The normalized spacial score (nSPS) is 13.4. The maximum absolute atomic E-state index is 12.6. The van der Waals surface area contributed by atoms with E-state index in [1.165, 1.54) is 0 Å². The number of hydrogen-bond donors (Lipinski definition) is 1. The fourth-order valence-electron chi connectivity index (χ4n) is 3.54. The highest BCUT2D eigenvalue weighted by Crippen LogP contribution is 2.31. The number of nitrogens with two attached hydrogens (primary N) is 1. The van der Waals surface area contributed by atoms with Crippen LogP contribution in [0.2, 0.25) is 0 Å². The van der Waals surface area contributed by atoms with Crippen molar-refractivity contribution >= 4 is 27.6 Å². The number of ether oxygens (including phenoxy) is 1. The minimum absolute atomic E-state index is 0.0175. The Morgan fingerprint density at radius 1 is 1.07 bits per heavy atom. The Hall–Kier alpha value is -2.66. The number of likely N-dealkylation sites (N-methyl/N-ethyl adjacent to an activating group) is 1. The van der Waals surface area contributed by atoms with Crippen LogP contribution >= 0.6 is 0 Å². The van der Waals surface area contributed by atoms with Crippen LogP contribution in [0.4, 0.5) is 0 Å². The third-order valence-electron chi connectivity index (χ3n) is 4.97. The first-order valence-electron chi connectivity index (χ1n) is 10.0. The van der Waals surface area contributed by atoms with Crippen molar-refractivity contribution in [1.29, 1.82) is 0 Å². The molecule has 0 aliphatic heterocycles. The highest BCUT2D eigenvalue weighted by atomic mass is 16.5. The number of fused-ring (bicyclic) bond motifs is 3. The SMILES string of the molecule is CCCC(N)C(=O)N(CC)CC(C)Oc1nc2ccccc2c2ccccc12. The molecular formula is C23H29N3O2. The number of carbonyl (C=O) groups excluding carboxylic acids is 1. The molecule has 3 rings (SSSR count). The zero-order chi connectivity index (χ0) is 20.1. The number of rotatable bonds is 8. The van der Waals surface area contributed by atoms with Gasteiger partial charge in [-0.15, -0.1) is 0 Å². The first-order chi connectivity index (χ1) is 13.5. The van der Waals surface area contributed by atoms with Crippen LogP contribution in [0.5, 0.6) is 5.88 Å². The second kappa shape index (κ2) is 9.02. The van der Waals surface area contributed by atoms with E-state index < -0.39 is 6.04 Å². The first-order valence-corrected chi connectivity index (χ1v) is 10.0. The molecule has 2 atom stereocenters. The number of benzene rings is 2. The van der Waals surface area contributed by atoms with Gasteiger partial charge in [-0.25, -0.2) is 4.98 Å². The first kappa shape index (κ1) is 20.1.